The maximum Gasteiger partial charge on any atom is 0.138 e. The van der Waals surface area contributed by atoms with E-state index >= 15 is 0 Å². The number of hydrogen-bond acceptors (Lipinski definition) is 2. The van der Waals surface area contributed by atoms with Crippen LogP contribution in [-0.4, -0.2) is 15.1 Å². The van der Waals surface area contributed by atoms with E-state index in [-0.39, 0.29) is 0 Å². The molecule has 0 aliphatic rings. The van der Waals surface area contributed by atoms with Crippen molar-refractivity contribution in [2.45, 2.75) is 45.6 Å². The van der Waals surface area contributed by atoms with E-state index in [1.165, 1.54) is 5.56 Å². The fourth-order valence-electron chi connectivity index (χ4n) is 2.01. The van der Waals surface area contributed by atoms with Crippen molar-refractivity contribution < 1.29 is 5.11 Å². The Morgan fingerprint density at radius 1 is 1.26 bits per heavy atom. The van der Waals surface area contributed by atoms with Crippen LogP contribution in [0.1, 0.15) is 51.4 Å². The van der Waals surface area contributed by atoms with Gasteiger partial charge in [-0.3, -0.25) is 0 Å². The second-order valence-electron chi connectivity index (χ2n) is 5.64. The number of rotatable bonds is 4. The predicted molar refractivity (Wildman–Crippen MR) is 78.0 cm³/mol. The molecule has 1 atom stereocenters. The van der Waals surface area contributed by atoms with E-state index in [0.29, 0.717) is 11.7 Å². The summed E-state index contributed by atoms with van der Waals surface area (Å²) in [4.78, 5) is 7.40. The average Bonchev–Trinajstić information content (AvgIpc) is 2.87. The maximum atomic E-state index is 9.90. The van der Waals surface area contributed by atoms with Gasteiger partial charge < -0.3 is 10.1 Å². The molecule has 0 spiro atoms. The van der Waals surface area contributed by atoms with Gasteiger partial charge in [0.05, 0.1) is 11.9 Å². The number of nitrogens with zero attached hydrogens (tertiary/aromatic N) is 1. The fourth-order valence-corrected chi connectivity index (χ4v) is 2.01. The van der Waals surface area contributed by atoms with Gasteiger partial charge in [-0.1, -0.05) is 38.1 Å². The summed E-state index contributed by atoms with van der Waals surface area (Å²) < 4.78 is 0. The van der Waals surface area contributed by atoms with Crippen molar-refractivity contribution in [1.82, 2.24) is 9.97 Å². The van der Waals surface area contributed by atoms with Gasteiger partial charge in [-0.2, -0.15) is 0 Å². The molecule has 1 heterocycles. The van der Waals surface area contributed by atoms with E-state index in [2.05, 4.69) is 48.1 Å². The first-order chi connectivity index (χ1) is 8.91. The molecule has 0 amide bonds. The van der Waals surface area contributed by atoms with Crippen LogP contribution in [0.4, 0.5) is 0 Å². The number of benzene rings is 1. The molecule has 3 heteroatoms. The lowest BCUT2D eigenvalue weighted by Crippen LogP contribution is -2.17. The van der Waals surface area contributed by atoms with Crippen LogP contribution in [0, 0.1) is 0 Å². The van der Waals surface area contributed by atoms with Crippen molar-refractivity contribution in [3.05, 3.63) is 41.9 Å². The highest BCUT2D eigenvalue weighted by Crippen LogP contribution is 2.25. The van der Waals surface area contributed by atoms with Gasteiger partial charge in [0, 0.05) is 0 Å². The lowest BCUT2D eigenvalue weighted by atomic mass is 9.97. The number of H-pyrrole nitrogens is 1. The van der Waals surface area contributed by atoms with Crippen LogP contribution in [-0.2, 0) is 5.60 Å². The van der Waals surface area contributed by atoms with Crippen LogP contribution in [0.2, 0.25) is 0 Å². The summed E-state index contributed by atoms with van der Waals surface area (Å²) in [6.45, 7) is 7.88. The van der Waals surface area contributed by atoms with Gasteiger partial charge in [-0.05, 0) is 37.3 Å². The molecule has 0 aliphatic carbocycles. The summed E-state index contributed by atoms with van der Waals surface area (Å²) in [6, 6.07) is 8.52. The minimum absolute atomic E-state index is 0.586. The molecule has 0 fully saturated rings. The Morgan fingerprint density at radius 2 is 1.89 bits per heavy atom. The summed E-state index contributed by atoms with van der Waals surface area (Å²) >= 11 is 0. The zero-order chi connectivity index (χ0) is 14.0. The number of aliphatic hydroxyl groups is 1. The molecule has 3 nitrogen and oxygen atoms in total. The number of hydrogen-bond donors (Lipinski definition) is 2. The third kappa shape index (κ3) is 3.04. The summed E-state index contributed by atoms with van der Waals surface area (Å²) in [5.41, 5.74) is 2.45. The zero-order valence-electron chi connectivity index (χ0n) is 12.1. The first-order valence-electron chi connectivity index (χ1n) is 6.80. The van der Waals surface area contributed by atoms with Gasteiger partial charge in [0.25, 0.3) is 0 Å². The van der Waals surface area contributed by atoms with E-state index in [1.807, 2.05) is 0 Å². The minimum atomic E-state index is -0.936. The Labute approximate surface area is 114 Å². The third-order valence-corrected chi connectivity index (χ3v) is 3.56. The van der Waals surface area contributed by atoms with E-state index < -0.39 is 5.60 Å². The molecule has 0 aliphatic heterocycles. The van der Waals surface area contributed by atoms with Gasteiger partial charge in [0.2, 0.25) is 0 Å². The SMILES string of the molecule is CCC(C)c1ccc(-c2cnc(C(C)(C)O)[nH]2)cc1. The normalized spacial score (nSPS) is 13.5. The van der Waals surface area contributed by atoms with Gasteiger partial charge >= 0.3 is 0 Å². The van der Waals surface area contributed by atoms with Crippen LogP contribution >= 0.6 is 0 Å². The van der Waals surface area contributed by atoms with E-state index in [9.17, 15) is 5.11 Å². The van der Waals surface area contributed by atoms with Gasteiger partial charge in [0.15, 0.2) is 0 Å². The zero-order valence-corrected chi connectivity index (χ0v) is 12.1. The Balaban J connectivity index is 2.25. The van der Waals surface area contributed by atoms with Crippen molar-refractivity contribution in [3.8, 4) is 11.3 Å². The Kier molecular flexibility index (Phi) is 3.76. The van der Waals surface area contributed by atoms with Crippen LogP contribution in [0.5, 0.6) is 0 Å². The molecule has 0 saturated carbocycles. The molecule has 0 bridgehead atoms. The lowest BCUT2D eigenvalue weighted by molar-refractivity contribution is 0.0697. The highest BCUT2D eigenvalue weighted by atomic mass is 16.3. The second-order valence-corrected chi connectivity index (χ2v) is 5.64. The van der Waals surface area contributed by atoms with Crippen LogP contribution in [0.3, 0.4) is 0 Å². The van der Waals surface area contributed by atoms with E-state index in [1.54, 1.807) is 20.0 Å². The molecule has 0 saturated heterocycles. The number of nitrogens with one attached hydrogen (secondary N) is 1. The molecule has 102 valence electrons. The fraction of sp³-hybridized carbons (Fsp3) is 0.438. The van der Waals surface area contributed by atoms with Crippen LogP contribution in [0.15, 0.2) is 30.5 Å². The largest absolute Gasteiger partial charge is 0.383 e. The molecule has 1 unspecified atom stereocenters. The highest BCUT2D eigenvalue weighted by molar-refractivity contribution is 5.59. The molecule has 2 N–H and O–H groups in total. The maximum absolute atomic E-state index is 9.90. The molecular weight excluding hydrogens is 236 g/mol. The highest BCUT2D eigenvalue weighted by Gasteiger charge is 2.19. The van der Waals surface area contributed by atoms with Crippen molar-refractivity contribution >= 4 is 0 Å². The molecule has 0 radical (unpaired) electrons. The van der Waals surface area contributed by atoms with Crippen molar-refractivity contribution in [2.24, 2.45) is 0 Å². The number of aromatic nitrogens is 2. The summed E-state index contributed by atoms with van der Waals surface area (Å²) in [6.07, 6.45) is 2.91. The standard InChI is InChI=1S/C16H22N2O/c1-5-11(2)12-6-8-13(9-7-12)14-10-17-15(18-14)16(3,4)19/h6-11,19H,5H2,1-4H3,(H,17,18). The van der Waals surface area contributed by atoms with Crippen molar-refractivity contribution in [3.63, 3.8) is 0 Å². The quantitative estimate of drug-likeness (QED) is 0.876. The number of imidazole rings is 1. The lowest BCUT2D eigenvalue weighted by Gasteiger charge is -2.13. The van der Waals surface area contributed by atoms with Crippen LogP contribution in [0.25, 0.3) is 11.3 Å². The van der Waals surface area contributed by atoms with Gasteiger partial charge in [0.1, 0.15) is 11.4 Å². The first-order valence-corrected chi connectivity index (χ1v) is 6.80. The molecular formula is C16H22N2O. The Hall–Kier alpha value is -1.61. The van der Waals surface area contributed by atoms with Crippen molar-refractivity contribution in [1.29, 1.82) is 0 Å². The summed E-state index contributed by atoms with van der Waals surface area (Å²) in [5, 5.41) is 9.90. The molecule has 2 aromatic rings. The molecule has 19 heavy (non-hydrogen) atoms. The topological polar surface area (TPSA) is 48.9 Å². The Morgan fingerprint density at radius 3 is 2.37 bits per heavy atom. The summed E-state index contributed by atoms with van der Waals surface area (Å²) in [7, 11) is 0. The van der Waals surface area contributed by atoms with E-state index in [0.717, 1.165) is 17.7 Å². The Bertz CT molecular complexity index is 535. The molecule has 2 rings (SSSR count). The molecule has 1 aromatic heterocycles. The molecule has 1 aromatic carbocycles. The number of aromatic amines is 1. The predicted octanol–water partition coefficient (Wildman–Crippen LogP) is 3.82. The third-order valence-electron chi connectivity index (χ3n) is 3.56. The van der Waals surface area contributed by atoms with Gasteiger partial charge in [-0.25, -0.2) is 4.98 Å². The monoisotopic (exact) mass is 258 g/mol. The van der Waals surface area contributed by atoms with Crippen LogP contribution < -0.4 is 0 Å². The smallest absolute Gasteiger partial charge is 0.138 e. The van der Waals surface area contributed by atoms with Crippen molar-refractivity contribution in [2.75, 3.05) is 0 Å². The van der Waals surface area contributed by atoms with E-state index in [4.69, 9.17) is 0 Å². The minimum Gasteiger partial charge on any atom is -0.383 e. The van der Waals surface area contributed by atoms with Gasteiger partial charge in [-0.15, -0.1) is 0 Å². The average molecular weight is 258 g/mol. The first kappa shape index (κ1) is 13.8. The summed E-state index contributed by atoms with van der Waals surface area (Å²) in [5.74, 6) is 1.18. The second kappa shape index (κ2) is 5.17.